The molecule has 1 aromatic carbocycles. The number of hydrogen-bond donors (Lipinski definition) is 1. The molecule has 20 heavy (non-hydrogen) atoms. The zero-order valence-corrected chi connectivity index (χ0v) is 11.2. The van der Waals surface area contributed by atoms with Gasteiger partial charge in [-0.3, -0.25) is 4.40 Å². The lowest BCUT2D eigenvalue weighted by molar-refractivity contribution is 1.00. The summed E-state index contributed by atoms with van der Waals surface area (Å²) >= 11 is 0. The van der Waals surface area contributed by atoms with Crippen molar-refractivity contribution in [2.75, 3.05) is 5.73 Å². The highest BCUT2D eigenvalue weighted by atomic mass is 15.0. The normalized spacial score (nSPS) is 10.6. The number of aryl methyl sites for hydroxylation is 1. The molecule has 0 saturated carbocycles. The van der Waals surface area contributed by atoms with Gasteiger partial charge in [0.15, 0.2) is 0 Å². The summed E-state index contributed by atoms with van der Waals surface area (Å²) in [5, 5.41) is 9.10. The molecule has 3 rings (SSSR count). The van der Waals surface area contributed by atoms with E-state index in [1.54, 1.807) is 0 Å². The van der Waals surface area contributed by atoms with Crippen molar-refractivity contribution in [3.05, 3.63) is 53.9 Å². The Hall–Kier alpha value is -2.80. The summed E-state index contributed by atoms with van der Waals surface area (Å²) in [6, 6.07) is 15.7. The summed E-state index contributed by atoms with van der Waals surface area (Å²) in [6.07, 6.45) is 0.316. The second-order valence-corrected chi connectivity index (χ2v) is 4.73. The van der Waals surface area contributed by atoms with E-state index in [9.17, 15) is 0 Å². The molecule has 0 spiro atoms. The first kappa shape index (κ1) is 12.2. The van der Waals surface area contributed by atoms with E-state index in [1.807, 2.05) is 53.8 Å². The number of benzene rings is 1. The summed E-state index contributed by atoms with van der Waals surface area (Å²) in [6.45, 7) is 2.01. The third-order valence-corrected chi connectivity index (χ3v) is 3.34. The quantitative estimate of drug-likeness (QED) is 0.722. The van der Waals surface area contributed by atoms with E-state index in [1.165, 1.54) is 0 Å². The van der Waals surface area contributed by atoms with Crippen LogP contribution in [0.1, 0.15) is 11.4 Å². The lowest BCUT2D eigenvalue weighted by Crippen LogP contribution is -1.97. The number of hydrogen-bond acceptors (Lipinski definition) is 3. The van der Waals surface area contributed by atoms with Gasteiger partial charge < -0.3 is 5.73 Å². The Kier molecular flexibility index (Phi) is 2.88. The number of nitrogen functional groups attached to an aromatic ring is 1. The Morgan fingerprint density at radius 2 is 2.05 bits per heavy atom. The van der Waals surface area contributed by atoms with Crippen LogP contribution in [0.5, 0.6) is 0 Å². The number of anilines is 1. The Balaban J connectivity index is 2.33. The average molecular weight is 262 g/mol. The van der Waals surface area contributed by atoms with Crippen molar-refractivity contribution >= 4 is 11.3 Å². The van der Waals surface area contributed by atoms with Crippen LogP contribution in [0.3, 0.4) is 0 Å². The van der Waals surface area contributed by atoms with Gasteiger partial charge in [-0.2, -0.15) is 5.26 Å². The number of nitrogens with two attached hydrogens (primary N) is 1. The van der Waals surface area contributed by atoms with Crippen molar-refractivity contribution in [2.45, 2.75) is 13.3 Å². The second kappa shape index (κ2) is 4.71. The van der Waals surface area contributed by atoms with Gasteiger partial charge in [0.05, 0.1) is 23.9 Å². The van der Waals surface area contributed by atoms with Crippen LogP contribution >= 0.6 is 0 Å². The molecule has 0 aliphatic carbocycles. The molecule has 0 unspecified atom stereocenters. The number of rotatable bonds is 2. The standard InChI is InChI=1S/C16H14N4/c1-11-4-2-7-15-19-16(14(8-9-17)20(11)15)12-5-3-6-13(18)10-12/h2-7,10H,8,18H2,1H3. The molecular formula is C16H14N4. The van der Waals surface area contributed by atoms with E-state index in [0.717, 1.165) is 28.3 Å². The highest BCUT2D eigenvalue weighted by Crippen LogP contribution is 2.27. The first-order chi connectivity index (χ1) is 9.70. The van der Waals surface area contributed by atoms with Crippen molar-refractivity contribution in [2.24, 2.45) is 0 Å². The topological polar surface area (TPSA) is 67.1 Å². The van der Waals surface area contributed by atoms with Gasteiger partial charge in [-0.05, 0) is 31.2 Å². The highest BCUT2D eigenvalue weighted by molar-refractivity contribution is 5.70. The molecule has 0 fully saturated rings. The average Bonchev–Trinajstić information content (AvgIpc) is 2.80. The van der Waals surface area contributed by atoms with E-state index in [4.69, 9.17) is 11.0 Å². The van der Waals surface area contributed by atoms with E-state index >= 15 is 0 Å². The number of nitrogens with zero attached hydrogens (tertiary/aromatic N) is 3. The molecule has 0 aliphatic rings. The van der Waals surface area contributed by atoms with Gasteiger partial charge in [0.25, 0.3) is 0 Å². The molecule has 0 saturated heterocycles. The van der Waals surface area contributed by atoms with Crippen molar-refractivity contribution in [3.8, 4) is 17.3 Å². The molecule has 3 aromatic rings. The van der Waals surface area contributed by atoms with Crippen LogP contribution in [0, 0.1) is 18.3 Å². The Labute approximate surface area is 117 Å². The molecule has 2 N–H and O–H groups in total. The molecule has 0 aliphatic heterocycles. The fourth-order valence-corrected chi connectivity index (χ4v) is 2.48. The van der Waals surface area contributed by atoms with Gasteiger partial charge in [-0.15, -0.1) is 0 Å². The number of aromatic nitrogens is 2. The van der Waals surface area contributed by atoms with Gasteiger partial charge in [-0.1, -0.05) is 18.2 Å². The Morgan fingerprint density at radius 3 is 2.80 bits per heavy atom. The monoisotopic (exact) mass is 262 g/mol. The minimum absolute atomic E-state index is 0.316. The SMILES string of the molecule is Cc1cccc2nc(-c3cccc(N)c3)c(CC#N)n12. The number of nitriles is 1. The number of imidazole rings is 1. The summed E-state index contributed by atoms with van der Waals surface area (Å²) < 4.78 is 2.03. The minimum Gasteiger partial charge on any atom is -0.399 e. The molecule has 98 valence electrons. The van der Waals surface area contributed by atoms with Gasteiger partial charge in [0, 0.05) is 16.9 Å². The van der Waals surface area contributed by atoms with Gasteiger partial charge >= 0.3 is 0 Å². The zero-order chi connectivity index (χ0) is 14.1. The predicted molar refractivity (Wildman–Crippen MR) is 79.1 cm³/mol. The smallest absolute Gasteiger partial charge is 0.137 e. The van der Waals surface area contributed by atoms with Crippen molar-refractivity contribution in [3.63, 3.8) is 0 Å². The van der Waals surface area contributed by atoms with Crippen LogP contribution in [-0.2, 0) is 6.42 Å². The maximum Gasteiger partial charge on any atom is 0.137 e. The second-order valence-electron chi connectivity index (χ2n) is 4.73. The Bertz CT molecular complexity index is 824. The summed E-state index contributed by atoms with van der Waals surface area (Å²) in [5.74, 6) is 0. The molecule has 0 amide bonds. The lowest BCUT2D eigenvalue weighted by Gasteiger charge is -2.04. The van der Waals surface area contributed by atoms with Crippen LogP contribution in [0.4, 0.5) is 5.69 Å². The molecule has 0 bridgehead atoms. The van der Waals surface area contributed by atoms with Crippen molar-refractivity contribution < 1.29 is 0 Å². The number of fused-ring (bicyclic) bond motifs is 1. The van der Waals surface area contributed by atoms with Gasteiger partial charge in [-0.25, -0.2) is 4.98 Å². The molecule has 2 aromatic heterocycles. The largest absolute Gasteiger partial charge is 0.399 e. The molecule has 2 heterocycles. The first-order valence-corrected chi connectivity index (χ1v) is 6.40. The maximum atomic E-state index is 9.10. The maximum absolute atomic E-state index is 9.10. The van der Waals surface area contributed by atoms with E-state index in [0.29, 0.717) is 12.1 Å². The fraction of sp³-hybridized carbons (Fsp3) is 0.125. The van der Waals surface area contributed by atoms with Gasteiger partial charge in [0.1, 0.15) is 5.65 Å². The molecule has 0 radical (unpaired) electrons. The van der Waals surface area contributed by atoms with Crippen LogP contribution in [0.2, 0.25) is 0 Å². The third-order valence-electron chi connectivity index (χ3n) is 3.34. The van der Waals surface area contributed by atoms with Crippen LogP contribution < -0.4 is 5.73 Å². The van der Waals surface area contributed by atoms with Crippen LogP contribution in [0.25, 0.3) is 16.9 Å². The van der Waals surface area contributed by atoms with Crippen molar-refractivity contribution in [1.82, 2.24) is 9.38 Å². The third kappa shape index (κ3) is 1.90. The molecule has 4 heteroatoms. The van der Waals surface area contributed by atoms with E-state index < -0.39 is 0 Å². The Morgan fingerprint density at radius 1 is 1.25 bits per heavy atom. The summed E-state index contributed by atoms with van der Waals surface area (Å²) in [5.41, 5.74) is 11.1. The number of pyridine rings is 1. The molecule has 0 atom stereocenters. The highest BCUT2D eigenvalue weighted by Gasteiger charge is 2.14. The summed E-state index contributed by atoms with van der Waals surface area (Å²) in [4.78, 5) is 4.66. The zero-order valence-electron chi connectivity index (χ0n) is 11.2. The molecule has 4 nitrogen and oxygen atoms in total. The van der Waals surface area contributed by atoms with E-state index in [2.05, 4.69) is 11.1 Å². The first-order valence-electron chi connectivity index (χ1n) is 6.40. The van der Waals surface area contributed by atoms with E-state index in [-0.39, 0.29) is 0 Å². The van der Waals surface area contributed by atoms with Gasteiger partial charge in [0.2, 0.25) is 0 Å². The van der Waals surface area contributed by atoms with Crippen molar-refractivity contribution in [1.29, 1.82) is 5.26 Å². The fourth-order valence-electron chi connectivity index (χ4n) is 2.48. The lowest BCUT2D eigenvalue weighted by atomic mass is 10.1. The summed E-state index contributed by atoms with van der Waals surface area (Å²) in [7, 11) is 0. The molecular weight excluding hydrogens is 248 g/mol. The predicted octanol–water partition coefficient (Wildman–Crippen LogP) is 2.96. The van der Waals surface area contributed by atoms with Crippen LogP contribution in [0.15, 0.2) is 42.5 Å². The minimum atomic E-state index is 0.316. The van der Waals surface area contributed by atoms with Crippen LogP contribution in [-0.4, -0.2) is 9.38 Å².